The lowest BCUT2D eigenvalue weighted by Crippen LogP contribution is -2.24. The van der Waals surface area contributed by atoms with E-state index in [0.29, 0.717) is 0 Å². The van der Waals surface area contributed by atoms with E-state index in [1.54, 1.807) is 0 Å². The highest BCUT2D eigenvalue weighted by Gasteiger charge is 2.16. The Morgan fingerprint density at radius 1 is 1.43 bits per heavy atom. The highest BCUT2D eigenvalue weighted by Crippen LogP contribution is 2.22. The van der Waals surface area contributed by atoms with Crippen molar-refractivity contribution in [3.63, 3.8) is 0 Å². The maximum atomic E-state index is 10.5. The zero-order valence-corrected chi connectivity index (χ0v) is 11.8. The van der Waals surface area contributed by atoms with Gasteiger partial charge in [0.1, 0.15) is 18.5 Å². The van der Waals surface area contributed by atoms with Gasteiger partial charge in [0.2, 0.25) is 6.33 Å². The molecule has 112 valence electrons. The first-order valence-electron chi connectivity index (χ1n) is 6.38. The summed E-state index contributed by atoms with van der Waals surface area (Å²) in [5.74, 6) is 0.249. The van der Waals surface area contributed by atoms with Gasteiger partial charge in [0.25, 0.3) is 0 Å². The summed E-state index contributed by atoms with van der Waals surface area (Å²) in [6.45, 7) is 4.00. The molecular formula is C13H16N4O4. The van der Waals surface area contributed by atoms with E-state index in [2.05, 4.69) is 10.1 Å². The number of aliphatic hydroxyl groups excluding tert-OH is 1. The number of rotatable bonds is 6. The number of nitro groups is 1. The standard InChI is InChI=1S/C13H16N4O4/c1-9-4-3-5-10(2)12(9)21-7-11(18)6-16-8-14-13(15-16)17(19)20/h3-5,8,11,18H,6-7H2,1-2H3. The van der Waals surface area contributed by atoms with E-state index in [1.165, 1.54) is 11.0 Å². The Bertz CT molecular complexity index is 621. The van der Waals surface area contributed by atoms with Gasteiger partial charge in [0.15, 0.2) is 0 Å². The maximum absolute atomic E-state index is 10.5. The highest BCUT2D eigenvalue weighted by atomic mass is 16.6. The normalized spacial score (nSPS) is 12.1. The number of nitrogens with zero attached hydrogens (tertiary/aromatic N) is 4. The summed E-state index contributed by atoms with van der Waals surface area (Å²) >= 11 is 0. The molecule has 2 aromatic rings. The third-order valence-corrected chi connectivity index (χ3v) is 2.91. The molecule has 0 aliphatic carbocycles. The van der Waals surface area contributed by atoms with Crippen LogP contribution in [0.4, 0.5) is 5.95 Å². The number of aliphatic hydroxyl groups is 1. The van der Waals surface area contributed by atoms with Crippen LogP contribution in [0.2, 0.25) is 0 Å². The van der Waals surface area contributed by atoms with Crippen LogP contribution in [0, 0.1) is 24.0 Å². The minimum atomic E-state index is -0.842. The molecule has 0 radical (unpaired) electrons. The topological polar surface area (TPSA) is 103 Å². The van der Waals surface area contributed by atoms with Crippen LogP contribution in [-0.2, 0) is 6.54 Å². The fourth-order valence-corrected chi connectivity index (χ4v) is 1.93. The largest absolute Gasteiger partial charge is 0.490 e. The number of aromatic nitrogens is 3. The monoisotopic (exact) mass is 292 g/mol. The van der Waals surface area contributed by atoms with E-state index in [9.17, 15) is 15.2 Å². The lowest BCUT2D eigenvalue weighted by molar-refractivity contribution is -0.394. The molecule has 1 heterocycles. The second-order valence-electron chi connectivity index (χ2n) is 4.71. The summed E-state index contributed by atoms with van der Waals surface area (Å²) in [5, 5.41) is 24.0. The van der Waals surface area contributed by atoms with E-state index < -0.39 is 17.0 Å². The van der Waals surface area contributed by atoms with Crippen LogP contribution in [0.15, 0.2) is 24.5 Å². The quantitative estimate of drug-likeness (QED) is 0.634. The molecule has 0 fully saturated rings. The molecule has 0 aliphatic rings. The summed E-state index contributed by atoms with van der Waals surface area (Å²) < 4.78 is 6.83. The molecule has 1 unspecified atom stereocenters. The van der Waals surface area contributed by atoms with Crippen LogP contribution >= 0.6 is 0 Å². The van der Waals surface area contributed by atoms with Crippen molar-refractivity contribution in [2.24, 2.45) is 0 Å². The van der Waals surface area contributed by atoms with Gasteiger partial charge >= 0.3 is 5.95 Å². The Labute approximate surface area is 121 Å². The van der Waals surface area contributed by atoms with Gasteiger partial charge in [-0.2, -0.15) is 4.68 Å². The number of hydrogen-bond donors (Lipinski definition) is 1. The summed E-state index contributed by atoms with van der Waals surface area (Å²) in [7, 11) is 0. The summed E-state index contributed by atoms with van der Waals surface area (Å²) in [5.41, 5.74) is 1.97. The zero-order valence-electron chi connectivity index (χ0n) is 11.8. The molecule has 0 saturated carbocycles. The molecule has 2 rings (SSSR count). The molecule has 1 N–H and O–H groups in total. The predicted octanol–water partition coefficient (Wildman–Crippen LogP) is 1.24. The molecule has 0 spiro atoms. The number of para-hydroxylation sites is 1. The van der Waals surface area contributed by atoms with E-state index in [-0.39, 0.29) is 13.2 Å². The number of ether oxygens (including phenoxy) is 1. The Morgan fingerprint density at radius 3 is 2.67 bits per heavy atom. The Kier molecular flexibility index (Phi) is 4.49. The molecule has 8 nitrogen and oxygen atoms in total. The fraction of sp³-hybridized carbons (Fsp3) is 0.385. The summed E-state index contributed by atoms with van der Waals surface area (Å²) in [6, 6.07) is 5.79. The van der Waals surface area contributed by atoms with Crippen LogP contribution in [0.1, 0.15) is 11.1 Å². The van der Waals surface area contributed by atoms with Crippen molar-refractivity contribution in [2.75, 3.05) is 6.61 Å². The molecule has 1 aromatic heterocycles. The van der Waals surface area contributed by atoms with Gasteiger partial charge in [-0.1, -0.05) is 23.2 Å². The lowest BCUT2D eigenvalue weighted by atomic mass is 10.1. The Morgan fingerprint density at radius 2 is 2.10 bits per heavy atom. The Hall–Kier alpha value is -2.48. The van der Waals surface area contributed by atoms with Crippen LogP contribution in [0.3, 0.4) is 0 Å². The Balaban J connectivity index is 1.92. The first kappa shape index (κ1) is 14.9. The lowest BCUT2D eigenvalue weighted by Gasteiger charge is -2.14. The molecule has 1 aromatic carbocycles. The van der Waals surface area contributed by atoms with Crippen molar-refractivity contribution >= 4 is 5.95 Å². The van der Waals surface area contributed by atoms with Gasteiger partial charge in [-0.15, -0.1) is 0 Å². The number of aryl methyl sites for hydroxylation is 2. The van der Waals surface area contributed by atoms with Crippen molar-refractivity contribution in [3.8, 4) is 5.75 Å². The molecule has 0 bridgehead atoms. The fourth-order valence-electron chi connectivity index (χ4n) is 1.93. The van der Waals surface area contributed by atoms with E-state index in [4.69, 9.17) is 4.74 Å². The molecule has 0 saturated heterocycles. The van der Waals surface area contributed by atoms with Gasteiger partial charge in [-0.25, -0.2) is 0 Å². The summed E-state index contributed by atoms with van der Waals surface area (Å²) in [6.07, 6.45) is 0.366. The van der Waals surface area contributed by atoms with Crippen molar-refractivity contribution in [2.45, 2.75) is 26.5 Å². The third-order valence-electron chi connectivity index (χ3n) is 2.91. The second-order valence-corrected chi connectivity index (χ2v) is 4.71. The van der Waals surface area contributed by atoms with Gasteiger partial charge in [0.05, 0.1) is 6.54 Å². The van der Waals surface area contributed by atoms with Crippen molar-refractivity contribution in [3.05, 3.63) is 45.8 Å². The predicted molar refractivity (Wildman–Crippen MR) is 74.1 cm³/mol. The first-order chi connectivity index (χ1) is 9.97. The average molecular weight is 292 g/mol. The smallest absolute Gasteiger partial charge is 0.490 e. The average Bonchev–Trinajstić information content (AvgIpc) is 2.87. The summed E-state index contributed by atoms with van der Waals surface area (Å²) in [4.78, 5) is 13.3. The minimum absolute atomic E-state index is 0.0688. The van der Waals surface area contributed by atoms with E-state index in [0.717, 1.165) is 16.9 Å². The molecular weight excluding hydrogens is 276 g/mol. The molecule has 0 amide bonds. The van der Waals surface area contributed by atoms with Crippen molar-refractivity contribution in [1.82, 2.24) is 14.8 Å². The van der Waals surface area contributed by atoms with Crippen LogP contribution in [0.25, 0.3) is 0 Å². The zero-order chi connectivity index (χ0) is 15.4. The molecule has 21 heavy (non-hydrogen) atoms. The van der Waals surface area contributed by atoms with Crippen molar-refractivity contribution < 1.29 is 14.8 Å². The third kappa shape index (κ3) is 3.76. The van der Waals surface area contributed by atoms with E-state index >= 15 is 0 Å². The number of benzene rings is 1. The molecule has 1 atom stereocenters. The van der Waals surface area contributed by atoms with Crippen LogP contribution < -0.4 is 4.74 Å². The molecule has 8 heteroatoms. The van der Waals surface area contributed by atoms with Crippen LogP contribution in [0.5, 0.6) is 5.75 Å². The van der Waals surface area contributed by atoms with E-state index in [1.807, 2.05) is 32.0 Å². The second kappa shape index (κ2) is 6.31. The van der Waals surface area contributed by atoms with Gasteiger partial charge in [-0.05, 0) is 29.9 Å². The number of hydrogen-bond acceptors (Lipinski definition) is 6. The SMILES string of the molecule is Cc1cccc(C)c1OCC(O)Cn1cnc([N+](=O)[O-])n1. The van der Waals surface area contributed by atoms with Gasteiger partial charge < -0.3 is 20.0 Å². The maximum Gasteiger partial charge on any atom is 0.490 e. The van der Waals surface area contributed by atoms with Gasteiger partial charge in [-0.3, -0.25) is 0 Å². The highest BCUT2D eigenvalue weighted by molar-refractivity contribution is 5.39. The van der Waals surface area contributed by atoms with Crippen LogP contribution in [-0.4, -0.2) is 37.5 Å². The van der Waals surface area contributed by atoms with Gasteiger partial charge in [0, 0.05) is 5.10 Å². The minimum Gasteiger partial charge on any atom is -0.490 e. The molecule has 0 aliphatic heterocycles. The van der Waals surface area contributed by atoms with Crippen molar-refractivity contribution in [1.29, 1.82) is 0 Å². The first-order valence-corrected chi connectivity index (χ1v) is 6.38.